The standard InChI is InChI=1S/C19H23N3O3S/c1-12-10-17-18(21-19(12)25-5)16(13(2)20-17)11-14-6-8-15(9-7-14)26(23,24)22(3)4/h6-10,20H,11H2,1-5H3. The fourth-order valence-electron chi connectivity index (χ4n) is 2.99. The van der Waals surface area contributed by atoms with Crippen LogP contribution in [-0.2, 0) is 16.4 Å². The lowest BCUT2D eigenvalue weighted by Crippen LogP contribution is -2.22. The van der Waals surface area contributed by atoms with E-state index in [0.717, 1.165) is 33.4 Å². The molecule has 0 aliphatic heterocycles. The monoisotopic (exact) mass is 373 g/mol. The molecule has 0 bridgehead atoms. The molecule has 0 radical (unpaired) electrons. The number of rotatable bonds is 5. The maximum Gasteiger partial charge on any atom is 0.242 e. The van der Waals surface area contributed by atoms with Crippen LogP contribution in [0.4, 0.5) is 0 Å². The molecule has 7 heteroatoms. The molecule has 138 valence electrons. The molecular formula is C19H23N3O3S. The molecule has 0 unspecified atom stereocenters. The second-order valence-corrected chi connectivity index (χ2v) is 8.70. The Morgan fingerprint density at radius 1 is 1.15 bits per heavy atom. The second kappa shape index (κ2) is 6.74. The normalized spacial score (nSPS) is 12.1. The van der Waals surface area contributed by atoms with Crippen LogP contribution in [0.2, 0.25) is 0 Å². The third-order valence-electron chi connectivity index (χ3n) is 4.50. The van der Waals surface area contributed by atoms with E-state index in [0.29, 0.717) is 12.3 Å². The first-order chi connectivity index (χ1) is 12.2. The van der Waals surface area contributed by atoms with Gasteiger partial charge in [-0.25, -0.2) is 17.7 Å². The molecule has 0 saturated carbocycles. The van der Waals surface area contributed by atoms with Crippen LogP contribution in [0.15, 0.2) is 35.2 Å². The van der Waals surface area contributed by atoms with E-state index in [1.165, 1.54) is 18.4 Å². The van der Waals surface area contributed by atoms with Crippen molar-refractivity contribution in [3.63, 3.8) is 0 Å². The number of hydrogen-bond donors (Lipinski definition) is 1. The molecule has 0 atom stereocenters. The molecule has 26 heavy (non-hydrogen) atoms. The Hall–Kier alpha value is -2.38. The Morgan fingerprint density at radius 2 is 1.81 bits per heavy atom. The van der Waals surface area contributed by atoms with Gasteiger partial charge in [0.05, 0.1) is 23.0 Å². The van der Waals surface area contributed by atoms with Crippen LogP contribution in [0.3, 0.4) is 0 Å². The maximum atomic E-state index is 12.2. The van der Waals surface area contributed by atoms with Gasteiger partial charge in [0.25, 0.3) is 0 Å². The maximum absolute atomic E-state index is 12.2. The topological polar surface area (TPSA) is 75.3 Å². The number of ether oxygens (including phenoxy) is 1. The average molecular weight is 373 g/mol. The molecule has 2 heterocycles. The van der Waals surface area contributed by atoms with Gasteiger partial charge in [0.2, 0.25) is 15.9 Å². The van der Waals surface area contributed by atoms with Crippen LogP contribution in [0.25, 0.3) is 11.0 Å². The highest BCUT2D eigenvalue weighted by Crippen LogP contribution is 2.28. The van der Waals surface area contributed by atoms with Crippen LogP contribution in [0.5, 0.6) is 5.88 Å². The van der Waals surface area contributed by atoms with Gasteiger partial charge in [0.1, 0.15) is 0 Å². The first-order valence-electron chi connectivity index (χ1n) is 8.28. The zero-order valence-electron chi connectivity index (χ0n) is 15.6. The highest BCUT2D eigenvalue weighted by atomic mass is 32.2. The summed E-state index contributed by atoms with van der Waals surface area (Å²) in [5.41, 5.74) is 5.99. The molecular weight excluding hydrogens is 350 g/mol. The Labute approximate surface area is 153 Å². The number of methoxy groups -OCH3 is 1. The van der Waals surface area contributed by atoms with Crippen molar-refractivity contribution in [3.8, 4) is 5.88 Å². The smallest absolute Gasteiger partial charge is 0.242 e. The lowest BCUT2D eigenvalue weighted by molar-refractivity contribution is 0.396. The predicted molar refractivity (Wildman–Crippen MR) is 102 cm³/mol. The Kier molecular flexibility index (Phi) is 4.77. The fourth-order valence-corrected chi connectivity index (χ4v) is 3.90. The van der Waals surface area contributed by atoms with Gasteiger partial charge in [-0.15, -0.1) is 0 Å². The van der Waals surface area contributed by atoms with Crippen molar-refractivity contribution in [2.45, 2.75) is 25.2 Å². The van der Waals surface area contributed by atoms with E-state index in [2.05, 4.69) is 9.97 Å². The van der Waals surface area contributed by atoms with Crippen molar-refractivity contribution in [3.05, 3.63) is 52.7 Å². The summed E-state index contributed by atoms with van der Waals surface area (Å²) in [5, 5.41) is 0. The molecule has 3 rings (SSSR count). The number of H-pyrrole nitrogens is 1. The number of pyridine rings is 1. The van der Waals surface area contributed by atoms with Gasteiger partial charge in [-0.1, -0.05) is 12.1 Å². The van der Waals surface area contributed by atoms with Crippen molar-refractivity contribution in [2.75, 3.05) is 21.2 Å². The van der Waals surface area contributed by atoms with Gasteiger partial charge in [-0.2, -0.15) is 0 Å². The number of aromatic amines is 1. The van der Waals surface area contributed by atoms with Gasteiger partial charge in [0, 0.05) is 37.3 Å². The average Bonchev–Trinajstić information content (AvgIpc) is 2.89. The van der Waals surface area contributed by atoms with E-state index >= 15 is 0 Å². The Balaban J connectivity index is 1.98. The molecule has 3 aromatic rings. The number of aromatic nitrogens is 2. The quantitative estimate of drug-likeness (QED) is 0.746. The summed E-state index contributed by atoms with van der Waals surface area (Å²) in [7, 11) is 1.26. The van der Waals surface area contributed by atoms with Crippen molar-refractivity contribution in [1.82, 2.24) is 14.3 Å². The van der Waals surface area contributed by atoms with E-state index in [-0.39, 0.29) is 4.90 Å². The number of sulfonamides is 1. The van der Waals surface area contributed by atoms with E-state index in [9.17, 15) is 8.42 Å². The molecule has 0 spiro atoms. The first kappa shape index (κ1) is 18.4. The van der Waals surface area contributed by atoms with Crippen molar-refractivity contribution < 1.29 is 13.2 Å². The van der Waals surface area contributed by atoms with Gasteiger partial charge in [0.15, 0.2) is 0 Å². The Bertz CT molecular complexity index is 1050. The number of nitrogens with one attached hydrogen (secondary N) is 1. The van der Waals surface area contributed by atoms with Gasteiger partial charge in [-0.05, 0) is 37.6 Å². The number of benzene rings is 1. The largest absolute Gasteiger partial charge is 0.481 e. The highest BCUT2D eigenvalue weighted by molar-refractivity contribution is 7.89. The summed E-state index contributed by atoms with van der Waals surface area (Å²) >= 11 is 0. The fraction of sp³-hybridized carbons (Fsp3) is 0.316. The van der Waals surface area contributed by atoms with Crippen molar-refractivity contribution in [2.24, 2.45) is 0 Å². The second-order valence-electron chi connectivity index (χ2n) is 6.55. The van der Waals surface area contributed by atoms with E-state index in [1.807, 2.05) is 32.0 Å². The summed E-state index contributed by atoms with van der Waals surface area (Å²) in [6, 6.07) is 9.02. The number of hydrogen-bond acceptors (Lipinski definition) is 4. The number of nitrogens with zero attached hydrogens (tertiary/aromatic N) is 2. The molecule has 0 fully saturated rings. The molecule has 0 saturated heterocycles. The highest BCUT2D eigenvalue weighted by Gasteiger charge is 2.17. The molecule has 0 aliphatic carbocycles. The lowest BCUT2D eigenvalue weighted by Gasteiger charge is -2.11. The Morgan fingerprint density at radius 3 is 2.38 bits per heavy atom. The minimum Gasteiger partial charge on any atom is -0.481 e. The third-order valence-corrected chi connectivity index (χ3v) is 6.33. The van der Waals surface area contributed by atoms with Crippen LogP contribution in [0.1, 0.15) is 22.4 Å². The molecule has 2 aromatic heterocycles. The summed E-state index contributed by atoms with van der Waals surface area (Å²) < 4.78 is 30.9. The summed E-state index contributed by atoms with van der Waals surface area (Å²) in [6.07, 6.45) is 0.660. The predicted octanol–water partition coefficient (Wildman–Crippen LogP) is 3.03. The first-order valence-corrected chi connectivity index (χ1v) is 9.72. The van der Waals surface area contributed by atoms with Crippen LogP contribution in [-0.4, -0.2) is 43.9 Å². The van der Waals surface area contributed by atoms with E-state index < -0.39 is 10.0 Å². The molecule has 0 aliphatic rings. The SMILES string of the molecule is COc1nc2c(Cc3ccc(S(=O)(=O)N(C)C)cc3)c(C)[nH]c2cc1C. The molecule has 6 nitrogen and oxygen atoms in total. The lowest BCUT2D eigenvalue weighted by atomic mass is 10.0. The summed E-state index contributed by atoms with van der Waals surface area (Å²) in [6.45, 7) is 3.98. The van der Waals surface area contributed by atoms with Gasteiger partial charge >= 0.3 is 0 Å². The third kappa shape index (κ3) is 3.20. The molecule has 1 aromatic carbocycles. The minimum absolute atomic E-state index is 0.289. The van der Waals surface area contributed by atoms with Crippen LogP contribution < -0.4 is 4.74 Å². The number of aryl methyl sites for hydroxylation is 2. The van der Waals surface area contributed by atoms with E-state index in [4.69, 9.17) is 4.74 Å². The molecule has 0 amide bonds. The number of fused-ring (bicyclic) bond motifs is 1. The van der Waals surface area contributed by atoms with Crippen LogP contribution in [0, 0.1) is 13.8 Å². The van der Waals surface area contributed by atoms with Gasteiger partial charge in [-0.3, -0.25) is 0 Å². The zero-order chi connectivity index (χ0) is 19.1. The summed E-state index contributed by atoms with van der Waals surface area (Å²) in [5.74, 6) is 0.616. The van der Waals surface area contributed by atoms with Crippen molar-refractivity contribution in [1.29, 1.82) is 0 Å². The molecule has 1 N–H and O–H groups in total. The minimum atomic E-state index is -3.41. The summed E-state index contributed by atoms with van der Waals surface area (Å²) in [4.78, 5) is 8.29. The van der Waals surface area contributed by atoms with Crippen molar-refractivity contribution >= 4 is 21.1 Å². The van der Waals surface area contributed by atoms with E-state index in [1.54, 1.807) is 19.2 Å². The van der Waals surface area contributed by atoms with Gasteiger partial charge < -0.3 is 9.72 Å². The zero-order valence-corrected chi connectivity index (χ0v) is 16.4. The van der Waals surface area contributed by atoms with Crippen LogP contribution >= 0.6 is 0 Å².